The first kappa shape index (κ1) is 13.2. The highest BCUT2D eigenvalue weighted by Gasteiger charge is 2.38. The maximum atomic E-state index is 12.5. The Hall–Kier alpha value is -0.830. The summed E-state index contributed by atoms with van der Waals surface area (Å²) in [5, 5.41) is 0. The van der Waals surface area contributed by atoms with E-state index in [1.807, 2.05) is 29.2 Å². The van der Waals surface area contributed by atoms with Crippen LogP contribution in [0.3, 0.4) is 0 Å². The lowest BCUT2D eigenvalue weighted by atomic mass is 9.77. The topological polar surface area (TPSA) is 20.3 Å². The number of piperidine rings is 1. The third-order valence-corrected chi connectivity index (χ3v) is 5.57. The highest BCUT2D eigenvalue weighted by Crippen LogP contribution is 2.46. The van der Waals surface area contributed by atoms with Crippen LogP contribution in [-0.2, 0) is 0 Å². The van der Waals surface area contributed by atoms with Gasteiger partial charge >= 0.3 is 0 Å². The van der Waals surface area contributed by atoms with Crippen LogP contribution in [0.15, 0.2) is 28.7 Å². The van der Waals surface area contributed by atoms with Gasteiger partial charge in [-0.15, -0.1) is 0 Å². The van der Waals surface area contributed by atoms with Gasteiger partial charge in [0.2, 0.25) is 0 Å². The van der Waals surface area contributed by atoms with Crippen LogP contribution in [0.5, 0.6) is 0 Å². The smallest absolute Gasteiger partial charge is 0.254 e. The highest BCUT2D eigenvalue weighted by atomic mass is 79.9. The van der Waals surface area contributed by atoms with Gasteiger partial charge in [-0.2, -0.15) is 0 Å². The molecule has 102 valence electrons. The summed E-state index contributed by atoms with van der Waals surface area (Å²) in [5.74, 6) is 0.181. The van der Waals surface area contributed by atoms with E-state index in [0.717, 1.165) is 23.1 Å². The summed E-state index contributed by atoms with van der Waals surface area (Å²) in [5.41, 5.74) is 1.37. The Morgan fingerprint density at radius 1 is 1.05 bits per heavy atom. The Morgan fingerprint density at radius 3 is 2.32 bits per heavy atom. The Balaban J connectivity index is 1.68. The SMILES string of the molecule is O=C(c1ccccc1Br)N1CCC2(CCCC2)CC1. The van der Waals surface area contributed by atoms with Crippen molar-refractivity contribution in [1.82, 2.24) is 4.90 Å². The van der Waals surface area contributed by atoms with E-state index in [4.69, 9.17) is 0 Å². The molecule has 0 unspecified atom stereocenters. The van der Waals surface area contributed by atoms with Crippen LogP contribution in [0.25, 0.3) is 0 Å². The minimum Gasteiger partial charge on any atom is -0.339 e. The number of benzene rings is 1. The summed E-state index contributed by atoms with van der Waals surface area (Å²) in [4.78, 5) is 14.6. The molecule has 1 heterocycles. The van der Waals surface area contributed by atoms with Gasteiger partial charge in [-0.3, -0.25) is 4.79 Å². The van der Waals surface area contributed by atoms with E-state index in [0.29, 0.717) is 5.41 Å². The molecule has 1 saturated heterocycles. The van der Waals surface area contributed by atoms with Gasteiger partial charge in [0.15, 0.2) is 0 Å². The van der Waals surface area contributed by atoms with E-state index in [1.165, 1.54) is 38.5 Å². The van der Waals surface area contributed by atoms with Gasteiger partial charge in [0.1, 0.15) is 0 Å². The molecule has 1 aromatic carbocycles. The summed E-state index contributed by atoms with van der Waals surface area (Å²) < 4.78 is 0.904. The average molecular weight is 322 g/mol. The molecule has 19 heavy (non-hydrogen) atoms. The monoisotopic (exact) mass is 321 g/mol. The fourth-order valence-corrected chi connectivity index (χ4v) is 4.07. The largest absolute Gasteiger partial charge is 0.339 e. The molecule has 0 aromatic heterocycles. The van der Waals surface area contributed by atoms with Crippen LogP contribution in [0.2, 0.25) is 0 Å². The van der Waals surface area contributed by atoms with E-state index in [2.05, 4.69) is 15.9 Å². The Morgan fingerprint density at radius 2 is 1.68 bits per heavy atom. The molecule has 3 rings (SSSR count). The van der Waals surface area contributed by atoms with E-state index in [9.17, 15) is 4.79 Å². The molecule has 1 aromatic rings. The van der Waals surface area contributed by atoms with Crippen molar-refractivity contribution in [2.75, 3.05) is 13.1 Å². The molecule has 1 aliphatic heterocycles. The number of likely N-dealkylation sites (tertiary alicyclic amines) is 1. The maximum absolute atomic E-state index is 12.5. The molecule has 1 amide bonds. The predicted octanol–water partition coefficient (Wildman–Crippen LogP) is 4.25. The van der Waals surface area contributed by atoms with Crippen molar-refractivity contribution in [3.63, 3.8) is 0 Å². The number of hydrogen-bond donors (Lipinski definition) is 0. The van der Waals surface area contributed by atoms with Gasteiger partial charge < -0.3 is 4.90 Å². The molecule has 0 N–H and O–H groups in total. The van der Waals surface area contributed by atoms with Crippen molar-refractivity contribution in [2.24, 2.45) is 5.41 Å². The van der Waals surface area contributed by atoms with Crippen LogP contribution >= 0.6 is 15.9 Å². The standard InChI is InChI=1S/C16H20BrNO/c17-14-6-2-1-5-13(14)15(19)18-11-9-16(10-12-18)7-3-4-8-16/h1-2,5-6H,3-4,7-12H2. The van der Waals surface area contributed by atoms with Crippen molar-refractivity contribution < 1.29 is 4.79 Å². The first-order valence-electron chi connectivity index (χ1n) is 7.24. The summed E-state index contributed by atoms with van der Waals surface area (Å²) in [6, 6.07) is 7.73. The molecule has 0 atom stereocenters. The van der Waals surface area contributed by atoms with Crippen molar-refractivity contribution in [3.05, 3.63) is 34.3 Å². The van der Waals surface area contributed by atoms with E-state index < -0.39 is 0 Å². The molecule has 0 bridgehead atoms. The van der Waals surface area contributed by atoms with E-state index >= 15 is 0 Å². The zero-order valence-corrected chi connectivity index (χ0v) is 12.8. The van der Waals surface area contributed by atoms with Crippen LogP contribution in [0.4, 0.5) is 0 Å². The normalized spacial score (nSPS) is 21.8. The maximum Gasteiger partial charge on any atom is 0.254 e. The van der Waals surface area contributed by atoms with Crippen molar-refractivity contribution >= 4 is 21.8 Å². The number of carbonyl (C=O) groups is 1. The zero-order chi connectivity index (χ0) is 13.3. The van der Waals surface area contributed by atoms with Crippen LogP contribution in [0.1, 0.15) is 48.9 Å². The number of carbonyl (C=O) groups excluding carboxylic acids is 1. The molecular formula is C16H20BrNO. The quantitative estimate of drug-likeness (QED) is 0.757. The number of rotatable bonds is 1. The second-order valence-corrected chi connectivity index (χ2v) is 6.83. The van der Waals surface area contributed by atoms with Crippen LogP contribution < -0.4 is 0 Å². The number of hydrogen-bond acceptors (Lipinski definition) is 1. The van der Waals surface area contributed by atoms with Gasteiger partial charge in [0, 0.05) is 17.6 Å². The number of amides is 1. The molecule has 1 saturated carbocycles. The Kier molecular flexibility index (Phi) is 3.66. The van der Waals surface area contributed by atoms with Gasteiger partial charge in [0.05, 0.1) is 5.56 Å². The number of halogens is 1. The number of nitrogens with zero attached hydrogens (tertiary/aromatic N) is 1. The van der Waals surface area contributed by atoms with Crippen molar-refractivity contribution in [2.45, 2.75) is 38.5 Å². The molecule has 2 nitrogen and oxygen atoms in total. The van der Waals surface area contributed by atoms with Gasteiger partial charge in [-0.05, 0) is 59.2 Å². The first-order chi connectivity index (χ1) is 9.20. The minimum atomic E-state index is 0.181. The van der Waals surface area contributed by atoms with Crippen molar-refractivity contribution in [1.29, 1.82) is 0 Å². The first-order valence-corrected chi connectivity index (χ1v) is 8.03. The van der Waals surface area contributed by atoms with Gasteiger partial charge in [-0.1, -0.05) is 25.0 Å². The van der Waals surface area contributed by atoms with Crippen LogP contribution in [-0.4, -0.2) is 23.9 Å². The fourth-order valence-electron chi connectivity index (χ4n) is 3.61. The summed E-state index contributed by atoms with van der Waals surface area (Å²) in [7, 11) is 0. The summed E-state index contributed by atoms with van der Waals surface area (Å²) in [6.07, 6.45) is 7.93. The van der Waals surface area contributed by atoms with Crippen LogP contribution in [0, 0.1) is 5.41 Å². The molecule has 2 aliphatic rings. The average Bonchev–Trinajstić information content (AvgIpc) is 2.88. The molecule has 1 aliphatic carbocycles. The van der Waals surface area contributed by atoms with Crippen molar-refractivity contribution in [3.8, 4) is 0 Å². The van der Waals surface area contributed by atoms with Gasteiger partial charge in [0.25, 0.3) is 5.91 Å². The zero-order valence-electron chi connectivity index (χ0n) is 11.2. The lowest BCUT2D eigenvalue weighted by Crippen LogP contribution is -2.42. The lowest BCUT2D eigenvalue weighted by Gasteiger charge is -2.39. The van der Waals surface area contributed by atoms with E-state index in [-0.39, 0.29) is 5.91 Å². The molecule has 0 radical (unpaired) electrons. The third-order valence-electron chi connectivity index (χ3n) is 4.88. The third kappa shape index (κ3) is 2.58. The molecule has 1 spiro atoms. The van der Waals surface area contributed by atoms with Gasteiger partial charge in [-0.25, -0.2) is 0 Å². The Bertz CT molecular complexity index is 469. The van der Waals surface area contributed by atoms with E-state index in [1.54, 1.807) is 0 Å². The highest BCUT2D eigenvalue weighted by molar-refractivity contribution is 9.10. The molecule has 3 heteroatoms. The predicted molar refractivity (Wildman–Crippen MR) is 80.2 cm³/mol. The molecular weight excluding hydrogens is 302 g/mol. The second-order valence-electron chi connectivity index (χ2n) is 5.98. The summed E-state index contributed by atoms with van der Waals surface area (Å²) in [6.45, 7) is 1.86. The minimum absolute atomic E-state index is 0.181. The summed E-state index contributed by atoms with van der Waals surface area (Å²) >= 11 is 3.48. The second kappa shape index (κ2) is 5.28. The fraction of sp³-hybridized carbons (Fsp3) is 0.562. The Labute approximate surface area is 123 Å². The lowest BCUT2D eigenvalue weighted by molar-refractivity contribution is 0.0586. The molecule has 2 fully saturated rings.